The zero-order valence-corrected chi connectivity index (χ0v) is 11.3. The van der Waals surface area contributed by atoms with E-state index in [9.17, 15) is 8.78 Å². The Labute approximate surface area is 116 Å². The summed E-state index contributed by atoms with van der Waals surface area (Å²) in [6.07, 6.45) is 0. The van der Waals surface area contributed by atoms with Crippen LogP contribution in [0.3, 0.4) is 0 Å². The molecule has 0 aliphatic heterocycles. The lowest BCUT2D eigenvalue weighted by Gasteiger charge is -2.11. The number of halogens is 4. The van der Waals surface area contributed by atoms with Crippen LogP contribution in [0, 0.1) is 11.6 Å². The quantitative estimate of drug-likeness (QED) is 0.781. The first kappa shape index (κ1) is 13.1. The lowest BCUT2D eigenvalue weighted by atomic mass is 10.2. The van der Waals surface area contributed by atoms with Gasteiger partial charge in [0.1, 0.15) is 11.6 Å². The summed E-state index contributed by atoms with van der Waals surface area (Å²) >= 11 is 8.89. The Morgan fingerprint density at radius 1 is 1.11 bits per heavy atom. The van der Waals surface area contributed by atoms with Gasteiger partial charge in [0.2, 0.25) is 0 Å². The van der Waals surface area contributed by atoms with Gasteiger partial charge in [0.25, 0.3) is 0 Å². The van der Waals surface area contributed by atoms with Gasteiger partial charge in [-0.05, 0) is 40.2 Å². The van der Waals surface area contributed by atoms with Crippen LogP contribution >= 0.6 is 27.5 Å². The van der Waals surface area contributed by atoms with E-state index in [2.05, 4.69) is 21.2 Å². The summed E-state index contributed by atoms with van der Waals surface area (Å²) in [5, 5.41) is 3.04. The molecule has 0 aliphatic rings. The van der Waals surface area contributed by atoms with Crippen LogP contribution < -0.4 is 11.1 Å². The van der Waals surface area contributed by atoms with Crippen molar-refractivity contribution in [2.45, 2.75) is 0 Å². The standard InChI is InChI=1S/C12H8BrClF2N2/c13-7-4-10(17)12(5-9(7)16)18-11-2-1-6(15)3-8(11)14/h1-5,18H,17H2. The smallest absolute Gasteiger partial charge is 0.139 e. The first-order valence-corrected chi connectivity index (χ1v) is 6.11. The van der Waals surface area contributed by atoms with Gasteiger partial charge in [-0.2, -0.15) is 0 Å². The van der Waals surface area contributed by atoms with E-state index in [0.29, 0.717) is 17.1 Å². The number of nitrogens with two attached hydrogens (primary N) is 1. The van der Waals surface area contributed by atoms with Crippen molar-refractivity contribution in [3.05, 3.63) is 51.5 Å². The van der Waals surface area contributed by atoms with Crippen LogP contribution in [0.5, 0.6) is 0 Å². The molecule has 0 unspecified atom stereocenters. The monoisotopic (exact) mass is 332 g/mol. The molecule has 2 nitrogen and oxygen atoms in total. The van der Waals surface area contributed by atoms with Crippen LogP contribution in [0.4, 0.5) is 25.8 Å². The van der Waals surface area contributed by atoms with Crippen molar-refractivity contribution in [2.24, 2.45) is 0 Å². The topological polar surface area (TPSA) is 38.0 Å². The van der Waals surface area contributed by atoms with Gasteiger partial charge in [-0.25, -0.2) is 8.78 Å². The van der Waals surface area contributed by atoms with E-state index in [0.717, 1.165) is 6.07 Å². The van der Waals surface area contributed by atoms with Crippen molar-refractivity contribution >= 4 is 44.6 Å². The minimum Gasteiger partial charge on any atom is -0.397 e. The van der Waals surface area contributed by atoms with E-state index in [4.69, 9.17) is 17.3 Å². The number of benzene rings is 2. The summed E-state index contributed by atoms with van der Waals surface area (Å²) in [7, 11) is 0. The summed E-state index contributed by atoms with van der Waals surface area (Å²) in [4.78, 5) is 0. The molecule has 0 spiro atoms. The molecule has 3 N–H and O–H groups in total. The second-order valence-corrected chi connectivity index (χ2v) is 4.86. The Kier molecular flexibility index (Phi) is 3.73. The van der Waals surface area contributed by atoms with Crippen LogP contribution in [-0.4, -0.2) is 0 Å². The van der Waals surface area contributed by atoms with Gasteiger partial charge in [-0.1, -0.05) is 11.6 Å². The van der Waals surface area contributed by atoms with E-state index < -0.39 is 11.6 Å². The van der Waals surface area contributed by atoms with Crippen molar-refractivity contribution in [1.29, 1.82) is 0 Å². The lowest BCUT2D eigenvalue weighted by Crippen LogP contribution is -1.98. The molecule has 2 rings (SSSR count). The highest BCUT2D eigenvalue weighted by Gasteiger charge is 2.08. The van der Waals surface area contributed by atoms with Gasteiger partial charge in [-0.3, -0.25) is 0 Å². The Morgan fingerprint density at radius 2 is 1.83 bits per heavy atom. The number of rotatable bonds is 2. The van der Waals surface area contributed by atoms with E-state index in [-0.39, 0.29) is 9.50 Å². The van der Waals surface area contributed by atoms with Crippen molar-refractivity contribution < 1.29 is 8.78 Å². The molecule has 0 atom stereocenters. The molecule has 0 fully saturated rings. The Bertz CT molecular complexity index is 605. The lowest BCUT2D eigenvalue weighted by molar-refractivity contribution is 0.622. The second-order valence-electron chi connectivity index (χ2n) is 3.60. The van der Waals surface area contributed by atoms with E-state index in [1.165, 1.54) is 24.3 Å². The Hall–Kier alpha value is -1.33. The van der Waals surface area contributed by atoms with Gasteiger partial charge >= 0.3 is 0 Å². The molecule has 0 aliphatic carbocycles. The SMILES string of the molecule is Nc1cc(Br)c(F)cc1Nc1ccc(F)cc1Cl. The number of hydrogen-bond acceptors (Lipinski definition) is 2. The number of nitrogens with one attached hydrogen (secondary N) is 1. The van der Waals surface area contributed by atoms with Crippen LogP contribution in [0.15, 0.2) is 34.8 Å². The van der Waals surface area contributed by atoms with E-state index >= 15 is 0 Å². The third-order valence-electron chi connectivity index (χ3n) is 2.29. The fourth-order valence-corrected chi connectivity index (χ4v) is 1.98. The zero-order chi connectivity index (χ0) is 13.3. The minimum absolute atomic E-state index is 0.192. The molecule has 0 radical (unpaired) electrons. The summed E-state index contributed by atoms with van der Waals surface area (Å²) in [6.45, 7) is 0. The zero-order valence-electron chi connectivity index (χ0n) is 8.98. The molecule has 0 amide bonds. The maximum Gasteiger partial charge on any atom is 0.139 e. The third kappa shape index (κ3) is 2.73. The number of nitrogen functional groups attached to an aromatic ring is 1. The van der Waals surface area contributed by atoms with Gasteiger partial charge in [-0.15, -0.1) is 0 Å². The average Bonchev–Trinajstić information content (AvgIpc) is 2.29. The van der Waals surface area contributed by atoms with Crippen LogP contribution in [0.2, 0.25) is 5.02 Å². The highest BCUT2D eigenvalue weighted by molar-refractivity contribution is 9.10. The maximum absolute atomic E-state index is 13.4. The predicted molar refractivity (Wildman–Crippen MR) is 73.2 cm³/mol. The first-order chi connectivity index (χ1) is 8.47. The van der Waals surface area contributed by atoms with Crippen LogP contribution in [0.1, 0.15) is 0 Å². The predicted octanol–water partition coefficient (Wildman–Crippen LogP) is 4.71. The highest BCUT2D eigenvalue weighted by Crippen LogP contribution is 2.31. The molecule has 6 heteroatoms. The largest absolute Gasteiger partial charge is 0.397 e. The minimum atomic E-state index is -0.454. The number of anilines is 3. The Balaban J connectivity index is 2.37. The summed E-state index contributed by atoms with van der Waals surface area (Å²) in [5.41, 5.74) is 6.91. The first-order valence-electron chi connectivity index (χ1n) is 4.94. The average molecular weight is 334 g/mol. The molecule has 18 heavy (non-hydrogen) atoms. The molecule has 0 bridgehead atoms. The normalized spacial score (nSPS) is 10.4. The van der Waals surface area contributed by atoms with Gasteiger partial charge in [0.05, 0.1) is 26.6 Å². The van der Waals surface area contributed by atoms with Crippen molar-refractivity contribution in [1.82, 2.24) is 0 Å². The molecule has 0 saturated carbocycles. The fourth-order valence-electron chi connectivity index (χ4n) is 1.41. The maximum atomic E-state index is 13.4. The third-order valence-corrected chi connectivity index (χ3v) is 3.21. The molecule has 94 valence electrons. The molecular formula is C12H8BrClF2N2. The highest BCUT2D eigenvalue weighted by atomic mass is 79.9. The molecule has 2 aromatic carbocycles. The Morgan fingerprint density at radius 3 is 2.50 bits per heavy atom. The molecule has 0 aromatic heterocycles. The summed E-state index contributed by atoms with van der Waals surface area (Å²) in [5.74, 6) is -0.898. The van der Waals surface area contributed by atoms with Gasteiger partial charge in [0, 0.05) is 6.07 Å². The summed E-state index contributed by atoms with van der Waals surface area (Å²) < 4.78 is 26.5. The van der Waals surface area contributed by atoms with Gasteiger partial charge in [0.15, 0.2) is 0 Å². The molecule has 0 saturated heterocycles. The molecule has 0 heterocycles. The number of hydrogen-bond donors (Lipinski definition) is 2. The fraction of sp³-hybridized carbons (Fsp3) is 0. The molecular weight excluding hydrogens is 325 g/mol. The van der Waals surface area contributed by atoms with Crippen molar-refractivity contribution in [2.75, 3.05) is 11.1 Å². The van der Waals surface area contributed by atoms with Gasteiger partial charge < -0.3 is 11.1 Å². The second kappa shape index (κ2) is 5.12. The van der Waals surface area contributed by atoms with E-state index in [1.807, 2.05) is 0 Å². The molecule has 2 aromatic rings. The van der Waals surface area contributed by atoms with E-state index in [1.54, 1.807) is 0 Å². The van der Waals surface area contributed by atoms with Crippen molar-refractivity contribution in [3.63, 3.8) is 0 Å². The van der Waals surface area contributed by atoms with Crippen LogP contribution in [-0.2, 0) is 0 Å². The van der Waals surface area contributed by atoms with Crippen LogP contribution in [0.25, 0.3) is 0 Å². The van der Waals surface area contributed by atoms with Crippen molar-refractivity contribution in [3.8, 4) is 0 Å². The summed E-state index contributed by atoms with van der Waals surface area (Å²) in [6, 6.07) is 6.54.